The quantitative estimate of drug-likeness (QED) is 0.503. The predicted molar refractivity (Wildman–Crippen MR) is 46.9 cm³/mol. The summed E-state index contributed by atoms with van der Waals surface area (Å²) in [6, 6.07) is 9.30. The zero-order valence-electron chi connectivity index (χ0n) is 6.86. The summed E-state index contributed by atoms with van der Waals surface area (Å²) in [4.78, 5) is 10.5. The van der Waals surface area contributed by atoms with Gasteiger partial charge in [0.25, 0.3) is 0 Å². The van der Waals surface area contributed by atoms with E-state index in [0.29, 0.717) is 0 Å². The van der Waals surface area contributed by atoms with Crippen molar-refractivity contribution in [3.63, 3.8) is 0 Å². The molecule has 0 fully saturated rings. The normalized spacial score (nSPS) is 10.1. The second-order valence-electron chi connectivity index (χ2n) is 2.34. The Morgan fingerprint density at radius 1 is 1.33 bits per heavy atom. The third-order valence-corrected chi connectivity index (χ3v) is 1.25. The fourth-order valence-electron chi connectivity index (χ4n) is 0.707. The first kappa shape index (κ1) is 8.53. The van der Waals surface area contributed by atoms with Crippen molar-refractivity contribution in [3.05, 3.63) is 42.7 Å². The van der Waals surface area contributed by atoms with Crippen molar-refractivity contribution < 1.29 is 9.53 Å². The molecular weight excluding hydrogens is 152 g/mol. The first-order chi connectivity index (χ1) is 5.79. The molecule has 0 bridgehead atoms. The van der Waals surface area contributed by atoms with Crippen molar-refractivity contribution in [2.75, 3.05) is 0 Å². The van der Waals surface area contributed by atoms with Crippen LogP contribution in [0.1, 0.15) is 6.92 Å². The zero-order chi connectivity index (χ0) is 8.81. The number of para-hydroxylation sites is 1. The Kier molecular flexibility index (Phi) is 3.08. The van der Waals surface area contributed by atoms with Gasteiger partial charge in [0.05, 0.1) is 6.26 Å². The molecule has 0 heterocycles. The van der Waals surface area contributed by atoms with Crippen LogP contribution in [0.2, 0.25) is 0 Å². The molecule has 0 amide bonds. The van der Waals surface area contributed by atoms with Gasteiger partial charge in [0, 0.05) is 6.08 Å². The molecule has 0 N–H and O–H groups in total. The Morgan fingerprint density at radius 3 is 2.58 bits per heavy atom. The van der Waals surface area contributed by atoms with E-state index in [0.717, 1.165) is 5.75 Å². The number of carbonyl (C=O) groups is 1. The summed E-state index contributed by atoms with van der Waals surface area (Å²) < 4.78 is 5.12. The number of allylic oxidation sites excluding steroid dienone is 1. The smallest absolute Gasteiger partial charge is 0.155 e. The molecule has 1 aromatic rings. The lowest BCUT2D eigenvalue weighted by molar-refractivity contribution is -0.112. The van der Waals surface area contributed by atoms with Crippen LogP contribution < -0.4 is 4.74 Å². The van der Waals surface area contributed by atoms with Gasteiger partial charge in [-0.25, -0.2) is 0 Å². The van der Waals surface area contributed by atoms with Crippen molar-refractivity contribution in [1.29, 1.82) is 0 Å². The number of carbonyl (C=O) groups excluding carboxylic acids is 1. The number of rotatable bonds is 3. The highest BCUT2D eigenvalue weighted by atomic mass is 16.5. The van der Waals surface area contributed by atoms with Crippen LogP contribution in [-0.4, -0.2) is 5.78 Å². The molecule has 0 aliphatic heterocycles. The van der Waals surface area contributed by atoms with E-state index in [9.17, 15) is 4.79 Å². The molecule has 62 valence electrons. The Bertz CT molecular complexity index is 275. The fourth-order valence-corrected chi connectivity index (χ4v) is 0.707. The molecule has 0 saturated carbocycles. The van der Waals surface area contributed by atoms with E-state index in [1.807, 2.05) is 30.3 Å². The minimum absolute atomic E-state index is 0.0223. The summed E-state index contributed by atoms with van der Waals surface area (Å²) in [5.41, 5.74) is 0. The van der Waals surface area contributed by atoms with Crippen molar-refractivity contribution in [2.24, 2.45) is 0 Å². The highest BCUT2D eigenvalue weighted by Crippen LogP contribution is 2.07. The maximum absolute atomic E-state index is 10.5. The van der Waals surface area contributed by atoms with E-state index in [2.05, 4.69) is 0 Å². The standard InChI is InChI=1S/C10H10O2/c1-9(11)7-8-12-10-5-3-2-4-6-10/h2-8H,1H3/b8-7+. The summed E-state index contributed by atoms with van der Waals surface area (Å²) in [5, 5.41) is 0. The number of hydrogen-bond acceptors (Lipinski definition) is 2. The topological polar surface area (TPSA) is 26.3 Å². The van der Waals surface area contributed by atoms with Crippen LogP contribution in [0.15, 0.2) is 42.7 Å². The summed E-state index contributed by atoms with van der Waals surface area (Å²) in [6.45, 7) is 1.48. The monoisotopic (exact) mass is 162 g/mol. The third-order valence-electron chi connectivity index (χ3n) is 1.25. The minimum Gasteiger partial charge on any atom is -0.465 e. The van der Waals surface area contributed by atoms with E-state index in [4.69, 9.17) is 4.74 Å². The van der Waals surface area contributed by atoms with E-state index in [-0.39, 0.29) is 5.78 Å². The molecule has 2 heteroatoms. The molecule has 0 aromatic heterocycles. The zero-order valence-corrected chi connectivity index (χ0v) is 6.86. The lowest BCUT2D eigenvalue weighted by Crippen LogP contribution is -1.85. The average molecular weight is 162 g/mol. The molecule has 0 atom stereocenters. The van der Waals surface area contributed by atoms with Gasteiger partial charge >= 0.3 is 0 Å². The van der Waals surface area contributed by atoms with Gasteiger partial charge in [-0.1, -0.05) is 18.2 Å². The maximum atomic E-state index is 10.5. The van der Waals surface area contributed by atoms with Gasteiger partial charge in [0.1, 0.15) is 5.75 Å². The molecule has 0 unspecified atom stereocenters. The van der Waals surface area contributed by atoms with Gasteiger partial charge in [-0.2, -0.15) is 0 Å². The summed E-state index contributed by atoms with van der Waals surface area (Å²) in [5.74, 6) is 0.709. The molecule has 1 rings (SSSR count). The van der Waals surface area contributed by atoms with Gasteiger partial charge in [-0.3, -0.25) is 4.79 Å². The molecule has 2 nitrogen and oxygen atoms in total. The number of ketones is 1. The van der Waals surface area contributed by atoms with E-state index in [1.165, 1.54) is 19.3 Å². The first-order valence-electron chi connectivity index (χ1n) is 3.68. The summed E-state index contributed by atoms with van der Waals surface area (Å²) in [7, 11) is 0. The minimum atomic E-state index is -0.0223. The predicted octanol–water partition coefficient (Wildman–Crippen LogP) is 2.17. The van der Waals surface area contributed by atoms with Crippen molar-refractivity contribution in [2.45, 2.75) is 6.92 Å². The third kappa shape index (κ3) is 3.01. The van der Waals surface area contributed by atoms with Crippen LogP contribution in [0.25, 0.3) is 0 Å². The molecule has 0 radical (unpaired) electrons. The van der Waals surface area contributed by atoms with Crippen molar-refractivity contribution in [1.82, 2.24) is 0 Å². The Morgan fingerprint density at radius 2 is 2.00 bits per heavy atom. The maximum Gasteiger partial charge on any atom is 0.155 e. The molecule has 0 aliphatic carbocycles. The molecule has 0 saturated heterocycles. The van der Waals surface area contributed by atoms with Crippen LogP contribution in [0.3, 0.4) is 0 Å². The molecular formula is C10H10O2. The Hall–Kier alpha value is -1.57. The van der Waals surface area contributed by atoms with E-state index >= 15 is 0 Å². The average Bonchev–Trinajstić information content (AvgIpc) is 2.05. The van der Waals surface area contributed by atoms with Crippen LogP contribution in [0.5, 0.6) is 5.75 Å². The van der Waals surface area contributed by atoms with Crippen LogP contribution in [0.4, 0.5) is 0 Å². The van der Waals surface area contributed by atoms with Crippen LogP contribution >= 0.6 is 0 Å². The number of ether oxygens (including phenoxy) is 1. The second-order valence-corrected chi connectivity index (χ2v) is 2.34. The SMILES string of the molecule is CC(=O)/C=C/Oc1ccccc1. The summed E-state index contributed by atoms with van der Waals surface area (Å²) >= 11 is 0. The van der Waals surface area contributed by atoms with E-state index < -0.39 is 0 Å². The molecule has 1 aromatic carbocycles. The summed E-state index contributed by atoms with van der Waals surface area (Å²) in [6.07, 6.45) is 2.77. The lowest BCUT2D eigenvalue weighted by Gasteiger charge is -1.96. The molecule has 12 heavy (non-hydrogen) atoms. The highest BCUT2D eigenvalue weighted by Gasteiger charge is 1.86. The van der Waals surface area contributed by atoms with Gasteiger partial charge in [-0.15, -0.1) is 0 Å². The Balaban J connectivity index is 2.49. The Labute approximate surface area is 71.5 Å². The van der Waals surface area contributed by atoms with Gasteiger partial charge in [-0.05, 0) is 19.1 Å². The second kappa shape index (κ2) is 4.34. The lowest BCUT2D eigenvalue weighted by atomic mass is 10.3. The van der Waals surface area contributed by atoms with Crippen molar-refractivity contribution >= 4 is 5.78 Å². The number of hydrogen-bond donors (Lipinski definition) is 0. The molecule has 0 spiro atoms. The largest absolute Gasteiger partial charge is 0.465 e. The number of benzene rings is 1. The van der Waals surface area contributed by atoms with Gasteiger partial charge < -0.3 is 4.74 Å². The van der Waals surface area contributed by atoms with Crippen LogP contribution in [-0.2, 0) is 4.79 Å². The van der Waals surface area contributed by atoms with Gasteiger partial charge in [0.15, 0.2) is 5.78 Å². The van der Waals surface area contributed by atoms with Crippen LogP contribution in [0, 0.1) is 0 Å². The van der Waals surface area contributed by atoms with Gasteiger partial charge in [0.2, 0.25) is 0 Å². The molecule has 0 aliphatic rings. The van der Waals surface area contributed by atoms with E-state index in [1.54, 1.807) is 0 Å². The van der Waals surface area contributed by atoms with Crippen molar-refractivity contribution in [3.8, 4) is 5.75 Å². The first-order valence-corrected chi connectivity index (χ1v) is 3.68. The highest BCUT2D eigenvalue weighted by molar-refractivity contribution is 5.86. The fraction of sp³-hybridized carbons (Fsp3) is 0.100.